The molecule has 1 saturated carbocycles. The molecule has 40 heavy (non-hydrogen) atoms. The van der Waals surface area contributed by atoms with Crippen molar-refractivity contribution >= 4 is 28.5 Å². The number of aromatic hydroxyl groups is 1. The maximum absolute atomic E-state index is 15.1. The average molecular weight is 548 g/mol. The van der Waals surface area contributed by atoms with Crippen LogP contribution in [0, 0.1) is 19.7 Å². The second-order valence-electron chi connectivity index (χ2n) is 9.21. The Morgan fingerprint density at radius 3 is 2.33 bits per heavy atom. The van der Waals surface area contributed by atoms with Gasteiger partial charge in [0.25, 0.3) is 17.7 Å². The molecule has 0 unspecified atom stereocenters. The molecule has 1 fully saturated rings. The number of anilines is 1. The third-order valence-electron chi connectivity index (χ3n) is 6.33. The van der Waals surface area contributed by atoms with Crippen LogP contribution >= 0.6 is 0 Å². The zero-order chi connectivity index (χ0) is 28.6. The fourth-order valence-electron chi connectivity index (χ4n) is 4.22. The molecule has 4 aromatic rings. The lowest BCUT2D eigenvalue weighted by atomic mass is 10.0. The number of nitrogens with zero attached hydrogens (tertiary/aromatic N) is 3. The van der Waals surface area contributed by atoms with Crippen molar-refractivity contribution in [3.8, 4) is 28.9 Å². The number of carbonyl (C=O) groups excluding carboxylic acids is 2. The van der Waals surface area contributed by atoms with Crippen LogP contribution in [0.15, 0.2) is 36.5 Å². The quantitative estimate of drug-likeness (QED) is 0.291. The predicted octanol–water partition coefficient (Wildman–Crippen LogP) is 4.44. The van der Waals surface area contributed by atoms with Gasteiger partial charge in [-0.3, -0.25) is 19.6 Å². The second kappa shape index (κ2) is 10.6. The van der Waals surface area contributed by atoms with Gasteiger partial charge < -0.3 is 30.0 Å². The van der Waals surface area contributed by atoms with Gasteiger partial charge in [0, 0.05) is 36.1 Å². The molecule has 0 saturated heterocycles. The molecular weight excluding hydrogens is 521 g/mol. The van der Waals surface area contributed by atoms with Crippen LogP contribution in [0.3, 0.4) is 0 Å². The number of carbonyl (C=O) groups is 2. The van der Waals surface area contributed by atoms with E-state index in [1.807, 2.05) is 0 Å². The Labute approximate surface area is 228 Å². The molecule has 0 radical (unpaired) electrons. The number of nitrogens with one attached hydrogen (secondary N) is 2. The number of aryl methyl sites for hydroxylation is 2. The molecule has 0 spiro atoms. The van der Waals surface area contributed by atoms with Crippen LogP contribution in [0.25, 0.3) is 11.0 Å². The first-order valence-corrected chi connectivity index (χ1v) is 12.4. The van der Waals surface area contributed by atoms with Gasteiger partial charge >= 0.3 is 0 Å². The number of hydrogen-bond acceptors (Lipinski definition) is 9. The zero-order valence-corrected chi connectivity index (χ0v) is 22.2. The monoisotopic (exact) mass is 547 g/mol. The standard InChI is InChI=1S/C28H26FN5O6/c1-13-22(26(36)32-15-5-6-15)25(35)23(14(2)31-13)27(37)33-16-7-8-19(17(29)11-16)40-20-9-10-30-18-12-21(38-3)28(39-4)34-24(18)20/h7-12,15H,5-6H2,1-4H3,(H,31,35)(H,32,36)(H,33,37). The van der Waals surface area contributed by atoms with E-state index in [0.29, 0.717) is 22.5 Å². The summed E-state index contributed by atoms with van der Waals surface area (Å²) in [6.07, 6.45) is 3.21. The van der Waals surface area contributed by atoms with Gasteiger partial charge in [-0.25, -0.2) is 9.37 Å². The molecule has 0 aliphatic heterocycles. The third kappa shape index (κ3) is 5.15. The average Bonchev–Trinajstić information content (AvgIpc) is 3.73. The van der Waals surface area contributed by atoms with E-state index >= 15 is 4.39 Å². The van der Waals surface area contributed by atoms with Crippen molar-refractivity contribution < 1.29 is 33.3 Å². The number of pyridine rings is 3. The van der Waals surface area contributed by atoms with Crippen molar-refractivity contribution in [1.82, 2.24) is 20.3 Å². The minimum atomic E-state index is -0.768. The molecule has 11 nitrogen and oxygen atoms in total. The van der Waals surface area contributed by atoms with Crippen molar-refractivity contribution in [1.29, 1.82) is 0 Å². The number of amides is 2. The Balaban J connectivity index is 1.39. The first-order valence-electron chi connectivity index (χ1n) is 12.4. The maximum atomic E-state index is 15.1. The number of methoxy groups -OCH3 is 2. The molecule has 12 heteroatoms. The van der Waals surface area contributed by atoms with Crippen LogP contribution in [0.2, 0.25) is 0 Å². The number of rotatable bonds is 8. The summed E-state index contributed by atoms with van der Waals surface area (Å²) in [6.45, 7) is 3.12. The number of ether oxygens (including phenoxy) is 3. The lowest BCUT2D eigenvalue weighted by Gasteiger charge is -2.15. The first kappa shape index (κ1) is 26.6. The largest absolute Gasteiger partial charge is 0.506 e. The second-order valence-corrected chi connectivity index (χ2v) is 9.21. The Kier molecular flexibility index (Phi) is 7.07. The van der Waals surface area contributed by atoms with Crippen molar-refractivity contribution in [3.63, 3.8) is 0 Å². The van der Waals surface area contributed by atoms with Crippen LogP contribution in [0.4, 0.5) is 10.1 Å². The predicted molar refractivity (Wildman–Crippen MR) is 143 cm³/mol. The van der Waals surface area contributed by atoms with E-state index in [-0.39, 0.29) is 45.9 Å². The molecule has 3 aromatic heterocycles. The topological polar surface area (TPSA) is 145 Å². The highest BCUT2D eigenvalue weighted by molar-refractivity contribution is 6.10. The van der Waals surface area contributed by atoms with Crippen molar-refractivity contribution in [3.05, 3.63) is 64.9 Å². The summed E-state index contributed by atoms with van der Waals surface area (Å²) in [6, 6.07) is 7.06. The normalized spacial score (nSPS) is 12.6. The third-order valence-corrected chi connectivity index (χ3v) is 6.33. The van der Waals surface area contributed by atoms with Crippen molar-refractivity contribution in [2.24, 2.45) is 0 Å². The Hall–Kier alpha value is -5.00. The van der Waals surface area contributed by atoms with Crippen LogP contribution in [-0.4, -0.2) is 52.1 Å². The summed E-state index contributed by atoms with van der Waals surface area (Å²) in [5.41, 5.74) is 1.16. The fraction of sp³-hybridized carbons (Fsp3) is 0.250. The van der Waals surface area contributed by atoms with Crippen LogP contribution < -0.4 is 24.8 Å². The molecule has 2 amide bonds. The van der Waals surface area contributed by atoms with Gasteiger partial charge in [0.15, 0.2) is 23.1 Å². The lowest BCUT2D eigenvalue weighted by molar-refractivity contribution is 0.0947. The summed E-state index contributed by atoms with van der Waals surface area (Å²) in [5, 5.41) is 16.2. The van der Waals surface area contributed by atoms with E-state index in [1.54, 1.807) is 19.9 Å². The van der Waals surface area contributed by atoms with E-state index in [4.69, 9.17) is 14.2 Å². The van der Waals surface area contributed by atoms with E-state index < -0.39 is 23.4 Å². The SMILES string of the molecule is COc1cc2nccc(Oc3ccc(NC(=O)c4c(C)nc(C)c(C(=O)NC5CC5)c4O)cc3F)c2nc1OC. The fourth-order valence-corrected chi connectivity index (χ4v) is 4.22. The lowest BCUT2D eigenvalue weighted by Crippen LogP contribution is -2.27. The van der Waals surface area contributed by atoms with Crippen LogP contribution in [0.5, 0.6) is 28.9 Å². The summed E-state index contributed by atoms with van der Waals surface area (Å²) in [4.78, 5) is 38.6. The Morgan fingerprint density at radius 1 is 0.950 bits per heavy atom. The van der Waals surface area contributed by atoms with Crippen LogP contribution in [0.1, 0.15) is 44.9 Å². The number of aromatic nitrogens is 3. The van der Waals surface area contributed by atoms with Crippen molar-refractivity contribution in [2.45, 2.75) is 32.7 Å². The van der Waals surface area contributed by atoms with Gasteiger partial charge in [-0.1, -0.05) is 0 Å². The van der Waals surface area contributed by atoms with Gasteiger partial charge in [-0.2, -0.15) is 0 Å². The summed E-state index contributed by atoms with van der Waals surface area (Å²) < 4.78 is 31.4. The first-order chi connectivity index (χ1) is 19.2. The molecule has 0 bridgehead atoms. The maximum Gasteiger partial charge on any atom is 0.261 e. The van der Waals surface area contributed by atoms with E-state index in [1.165, 1.54) is 38.6 Å². The molecule has 5 rings (SSSR count). The van der Waals surface area contributed by atoms with E-state index in [9.17, 15) is 14.7 Å². The van der Waals surface area contributed by atoms with E-state index in [2.05, 4.69) is 25.6 Å². The van der Waals surface area contributed by atoms with Gasteiger partial charge in [0.1, 0.15) is 22.4 Å². The van der Waals surface area contributed by atoms with Crippen molar-refractivity contribution in [2.75, 3.05) is 19.5 Å². The van der Waals surface area contributed by atoms with Gasteiger partial charge in [-0.15, -0.1) is 0 Å². The van der Waals surface area contributed by atoms with Gasteiger partial charge in [0.05, 0.1) is 31.1 Å². The van der Waals surface area contributed by atoms with Gasteiger partial charge in [-0.05, 0) is 38.8 Å². The Bertz CT molecular complexity index is 1660. The Morgan fingerprint density at radius 2 is 1.68 bits per heavy atom. The summed E-state index contributed by atoms with van der Waals surface area (Å²) in [5.74, 6) is -1.81. The molecule has 1 aliphatic carbocycles. The van der Waals surface area contributed by atoms with Gasteiger partial charge in [0.2, 0.25) is 0 Å². The highest BCUT2D eigenvalue weighted by Gasteiger charge is 2.29. The summed E-state index contributed by atoms with van der Waals surface area (Å²) in [7, 11) is 2.92. The molecule has 206 valence electrons. The summed E-state index contributed by atoms with van der Waals surface area (Å²) >= 11 is 0. The molecule has 3 heterocycles. The number of fused-ring (bicyclic) bond motifs is 1. The highest BCUT2D eigenvalue weighted by Crippen LogP contribution is 2.35. The minimum Gasteiger partial charge on any atom is -0.506 e. The molecule has 0 atom stereocenters. The molecule has 1 aliphatic rings. The zero-order valence-electron chi connectivity index (χ0n) is 22.2. The van der Waals surface area contributed by atoms with E-state index in [0.717, 1.165) is 18.9 Å². The highest BCUT2D eigenvalue weighted by atomic mass is 19.1. The number of halogens is 1. The smallest absolute Gasteiger partial charge is 0.261 e. The number of hydrogen-bond donors (Lipinski definition) is 3. The van der Waals surface area contributed by atoms with Crippen LogP contribution in [-0.2, 0) is 0 Å². The molecular formula is C28H26FN5O6. The molecule has 3 N–H and O–H groups in total. The number of benzene rings is 1. The minimum absolute atomic E-state index is 0.0550. The molecule has 1 aromatic carbocycles.